The van der Waals surface area contributed by atoms with Crippen molar-refractivity contribution in [3.05, 3.63) is 0 Å². The van der Waals surface area contributed by atoms with Crippen LogP contribution in [0.3, 0.4) is 0 Å². The van der Waals surface area contributed by atoms with Crippen LogP contribution in [-0.2, 0) is 4.79 Å². The highest BCUT2D eigenvalue weighted by Gasteiger charge is 2.43. The number of nitrogens with one attached hydrogen (secondary N) is 1. The number of rotatable bonds is 4. The molecule has 2 heterocycles. The fraction of sp³-hybridized carbons (Fsp3) is 0.833. The summed E-state index contributed by atoms with van der Waals surface area (Å²) in [5.41, 5.74) is 0. The number of carbonyl (C=O) groups is 2. The number of aliphatic hydroxyl groups is 2. The molecule has 0 aliphatic carbocycles. The van der Waals surface area contributed by atoms with E-state index in [1.54, 1.807) is 4.90 Å². The smallest absolute Gasteiger partial charge is 0.326 e. The molecule has 0 aromatic heterocycles. The third-order valence-corrected chi connectivity index (χ3v) is 3.96. The maximum absolute atomic E-state index is 12.1. The lowest BCUT2D eigenvalue weighted by Crippen LogP contribution is -2.55. The van der Waals surface area contributed by atoms with Crippen LogP contribution in [0, 0.1) is 0 Å². The van der Waals surface area contributed by atoms with Crippen LogP contribution in [0.1, 0.15) is 32.1 Å². The number of hydrogen-bond donors (Lipinski definition) is 4. The Balaban J connectivity index is 1.98. The summed E-state index contributed by atoms with van der Waals surface area (Å²) < 4.78 is 0. The molecule has 0 aromatic carbocycles. The molecule has 2 aliphatic heterocycles. The minimum absolute atomic E-state index is 0.00248. The molecular formula is C12H20N2O5. The maximum atomic E-state index is 12.1. The Morgan fingerprint density at radius 2 is 1.84 bits per heavy atom. The van der Waals surface area contributed by atoms with Crippen LogP contribution in [0.4, 0.5) is 4.79 Å². The first-order chi connectivity index (χ1) is 9.02. The summed E-state index contributed by atoms with van der Waals surface area (Å²) in [5.74, 6) is -1.15. The van der Waals surface area contributed by atoms with Crippen molar-refractivity contribution in [2.45, 2.75) is 56.3 Å². The summed E-state index contributed by atoms with van der Waals surface area (Å²) in [5, 5.41) is 29.9. The van der Waals surface area contributed by atoms with Gasteiger partial charge in [0, 0.05) is 25.1 Å². The lowest BCUT2D eigenvalue weighted by Gasteiger charge is -2.37. The fourth-order valence-electron chi connectivity index (χ4n) is 3.09. The van der Waals surface area contributed by atoms with Crippen LogP contribution in [0.5, 0.6) is 0 Å². The van der Waals surface area contributed by atoms with E-state index in [0.717, 1.165) is 12.8 Å². The molecule has 2 rings (SSSR count). The summed E-state index contributed by atoms with van der Waals surface area (Å²) in [6.07, 6.45) is 2.45. The number of nitrogens with zero attached hydrogens (tertiary/aromatic N) is 1. The third kappa shape index (κ3) is 2.98. The molecule has 7 heteroatoms. The molecular weight excluding hydrogens is 252 g/mol. The van der Waals surface area contributed by atoms with E-state index in [2.05, 4.69) is 5.32 Å². The molecule has 0 aromatic rings. The molecule has 0 radical (unpaired) electrons. The van der Waals surface area contributed by atoms with Crippen molar-refractivity contribution in [1.29, 1.82) is 0 Å². The summed E-state index contributed by atoms with van der Waals surface area (Å²) >= 11 is 0. The summed E-state index contributed by atoms with van der Waals surface area (Å²) in [6, 6.07) is -1.47. The number of carbonyl (C=O) groups excluding carboxylic acids is 1. The van der Waals surface area contributed by atoms with E-state index in [1.807, 2.05) is 0 Å². The van der Waals surface area contributed by atoms with Gasteiger partial charge in [0.2, 0.25) is 0 Å². The van der Waals surface area contributed by atoms with Crippen molar-refractivity contribution in [3.63, 3.8) is 0 Å². The number of piperidine rings is 1. The van der Waals surface area contributed by atoms with Crippen LogP contribution in [0.25, 0.3) is 0 Å². The number of aliphatic carboxylic acids is 1. The summed E-state index contributed by atoms with van der Waals surface area (Å²) in [7, 11) is 0. The van der Waals surface area contributed by atoms with Crippen molar-refractivity contribution in [2.24, 2.45) is 0 Å². The molecule has 108 valence electrons. The highest BCUT2D eigenvalue weighted by molar-refractivity contribution is 5.83. The largest absolute Gasteiger partial charge is 0.480 e. The number of carboxylic acid groups (broad SMARTS) is 1. The van der Waals surface area contributed by atoms with Crippen LogP contribution in [0.15, 0.2) is 0 Å². The molecule has 19 heavy (non-hydrogen) atoms. The zero-order valence-electron chi connectivity index (χ0n) is 10.7. The quantitative estimate of drug-likeness (QED) is 0.552. The van der Waals surface area contributed by atoms with E-state index < -0.39 is 18.0 Å². The monoisotopic (exact) mass is 272 g/mol. The molecule has 0 spiro atoms. The van der Waals surface area contributed by atoms with E-state index >= 15 is 0 Å². The van der Waals surface area contributed by atoms with Crippen molar-refractivity contribution in [2.75, 3.05) is 6.61 Å². The molecule has 2 amide bonds. The standard InChI is InChI=1S/C12H20N2O5/c15-4-3-10(11(17)18)13-12(19)14-7-1-2-8(14)6-9(16)5-7/h7-10,15-16H,1-6H2,(H,13,19)(H,17,18)/t7?,8?,9?,10-/m0/s1. The first kappa shape index (κ1) is 14.1. The van der Waals surface area contributed by atoms with E-state index in [9.17, 15) is 14.7 Å². The molecule has 2 saturated heterocycles. The van der Waals surface area contributed by atoms with Gasteiger partial charge in [0.15, 0.2) is 0 Å². The van der Waals surface area contributed by atoms with Gasteiger partial charge in [-0.2, -0.15) is 0 Å². The van der Waals surface area contributed by atoms with Gasteiger partial charge in [-0.3, -0.25) is 0 Å². The predicted molar refractivity (Wildman–Crippen MR) is 65.5 cm³/mol. The minimum atomic E-state index is -1.15. The molecule has 0 saturated carbocycles. The van der Waals surface area contributed by atoms with E-state index in [4.69, 9.17) is 10.2 Å². The lowest BCUT2D eigenvalue weighted by molar-refractivity contribution is -0.139. The Morgan fingerprint density at radius 1 is 1.26 bits per heavy atom. The second-order valence-corrected chi connectivity index (χ2v) is 5.27. The third-order valence-electron chi connectivity index (χ3n) is 3.96. The Hall–Kier alpha value is -1.34. The average molecular weight is 272 g/mol. The molecule has 2 fully saturated rings. The van der Waals surface area contributed by atoms with Crippen molar-refractivity contribution in [1.82, 2.24) is 10.2 Å². The summed E-state index contributed by atoms with van der Waals surface area (Å²) in [4.78, 5) is 24.8. The normalized spacial score (nSPS) is 31.1. The van der Waals surface area contributed by atoms with Crippen LogP contribution in [-0.4, -0.2) is 63.1 Å². The number of aliphatic hydroxyl groups excluding tert-OH is 2. The molecule has 2 aliphatic rings. The first-order valence-corrected chi connectivity index (χ1v) is 6.63. The average Bonchev–Trinajstić information content (AvgIpc) is 2.61. The van der Waals surface area contributed by atoms with Crippen molar-refractivity contribution >= 4 is 12.0 Å². The Bertz CT molecular complexity index is 348. The zero-order chi connectivity index (χ0) is 14.0. The van der Waals surface area contributed by atoms with Crippen LogP contribution < -0.4 is 5.32 Å². The molecule has 3 atom stereocenters. The van der Waals surface area contributed by atoms with Gasteiger partial charge in [0.05, 0.1) is 6.10 Å². The maximum Gasteiger partial charge on any atom is 0.326 e. The lowest BCUT2D eigenvalue weighted by atomic mass is 10.0. The Morgan fingerprint density at radius 3 is 2.32 bits per heavy atom. The number of carboxylic acids is 1. The first-order valence-electron chi connectivity index (χ1n) is 6.63. The number of urea groups is 1. The van der Waals surface area contributed by atoms with E-state index in [-0.39, 0.29) is 31.2 Å². The van der Waals surface area contributed by atoms with E-state index in [0.29, 0.717) is 12.8 Å². The SMILES string of the molecule is O=C(O)[C@H](CCO)NC(=O)N1C2CCC1CC(O)C2. The number of hydrogen-bond acceptors (Lipinski definition) is 4. The number of fused-ring (bicyclic) bond motifs is 2. The van der Waals surface area contributed by atoms with Gasteiger partial charge in [-0.1, -0.05) is 0 Å². The van der Waals surface area contributed by atoms with Crippen LogP contribution in [0.2, 0.25) is 0 Å². The number of amides is 2. The summed E-state index contributed by atoms with van der Waals surface area (Å²) in [6.45, 7) is -0.289. The van der Waals surface area contributed by atoms with Crippen LogP contribution >= 0.6 is 0 Å². The molecule has 2 unspecified atom stereocenters. The molecule has 2 bridgehead atoms. The Labute approximate surface area is 111 Å². The van der Waals surface area contributed by atoms with Crippen molar-refractivity contribution < 1.29 is 24.9 Å². The fourth-order valence-corrected chi connectivity index (χ4v) is 3.09. The second-order valence-electron chi connectivity index (χ2n) is 5.27. The highest BCUT2D eigenvalue weighted by Crippen LogP contribution is 2.35. The second kappa shape index (κ2) is 5.75. The molecule has 4 N–H and O–H groups in total. The van der Waals surface area contributed by atoms with Gasteiger partial charge in [0.1, 0.15) is 6.04 Å². The van der Waals surface area contributed by atoms with Gasteiger partial charge < -0.3 is 25.5 Å². The van der Waals surface area contributed by atoms with E-state index in [1.165, 1.54) is 0 Å². The van der Waals surface area contributed by atoms with Gasteiger partial charge in [0.25, 0.3) is 0 Å². The highest BCUT2D eigenvalue weighted by atomic mass is 16.4. The Kier molecular flexibility index (Phi) is 4.26. The topological polar surface area (TPSA) is 110 Å². The van der Waals surface area contributed by atoms with Crippen molar-refractivity contribution in [3.8, 4) is 0 Å². The minimum Gasteiger partial charge on any atom is -0.480 e. The molecule has 7 nitrogen and oxygen atoms in total. The van der Waals surface area contributed by atoms with Gasteiger partial charge in [-0.05, 0) is 25.7 Å². The zero-order valence-corrected chi connectivity index (χ0v) is 10.7. The van der Waals surface area contributed by atoms with Gasteiger partial charge in [-0.15, -0.1) is 0 Å². The van der Waals surface area contributed by atoms with Gasteiger partial charge >= 0.3 is 12.0 Å². The van der Waals surface area contributed by atoms with Gasteiger partial charge in [-0.25, -0.2) is 9.59 Å². The predicted octanol–water partition coefficient (Wildman–Crippen LogP) is -0.481.